The van der Waals surface area contributed by atoms with Crippen LogP contribution in [0.1, 0.15) is 0 Å². The van der Waals surface area contributed by atoms with Gasteiger partial charge in [-0.15, -0.1) is 0 Å². The van der Waals surface area contributed by atoms with E-state index in [2.05, 4.69) is 0 Å². The van der Waals surface area contributed by atoms with Gasteiger partial charge in [0.1, 0.15) is 0 Å². The fourth-order valence-corrected chi connectivity index (χ4v) is 0. The van der Waals surface area contributed by atoms with Gasteiger partial charge in [-0.25, -0.2) is 0 Å². The van der Waals surface area contributed by atoms with E-state index in [9.17, 15) is 0 Å². The fourth-order valence-electron chi connectivity index (χ4n) is 0. The molecule has 0 heterocycles. The summed E-state index contributed by atoms with van der Waals surface area (Å²) in [7, 11) is 0. The minimum absolute atomic E-state index is 0. The van der Waals surface area contributed by atoms with Gasteiger partial charge in [0, 0.05) is 0 Å². The topological polar surface area (TPSA) is 161 Å². The van der Waals surface area contributed by atoms with Gasteiger partial charge < -0.3 is 0 Å². The van der Waals surface area contributed by atoms with Gasteiger partial charge in [-0.2, -0.15) is 0 Å². The molecule has 0 aliphatic rings. The summed E-state index contributed by atoms with van der Waals surface area (Å²) in [5, 5.41) is 0. The molecule has 11 heteroatoms. The molecule has 0 aliphatic heterocycles. The van der Waals surface area contributed by atoms with Crippen LogP contribution >= 0.6 is 0 Å². The summed E-state index contributed by atoms with van der Waals surface area (Å²) in [5.41, 5.74) is 0. The Balaban J connectivity index is -0.000000107. The maximum absolute atomic E-state index is 8.59. The first-order valence-corrected chi connectivity index (χ1v) is 5.50. The molecule has 0 aromatic carbocycles. The van der Waals surface area contributed by atoms with Gasteiger partial charge in [0.2, 0.25) is 0 Å². The summed E-state index contributed by atoms with van der Waals surface area (Å²) in [5.74, 6) is 0. The minimum atomic E-state index is -5.75. The molecular weight excluding hydrogens is 424 g/mol. The van der Waals surface area contributed by atoms with E-state index in [0.29, 0.717) is 0 Å². The second kappa shape index (κ2) is 6.29. The Bertz CT molecular complexity index is 208. The second-order valence-corrected chi connectivity index (χ2v) is 3.37. The summed E-state index contributed by atoms with van der Waals surface area (Å²) >= 11 is -11.5. The molecule has 0 unspecified atom stereocenters. The average Bonchev–Trinajstić information content (AvgIpc) is 1.12. The Kier molecular flexibility index (Phi) is 10.1. The molecule has 0 saturated carbocycles. The van der Waals surface area contributed by atoms with E-state index in [1.54, 1.807) is 0 Å². The van der Waals surface area contributed by atoms with Crippen molar-refractivity contribution in [2.24, 2.45) is 0 Å². The molecule has 0 N–H and O–H groups in total. The Morgan fingerprint density at radius 2 is 0.636 bits per heavy atom. The molecule has 0 bridgehead atoms. The first kappa shape index (κ1) is 17.7. The Morgan fingerprint density at radius 1 is 0.636 bits per heavy atom. The van der Waals surface area contributed by atoms with Crippen LogP contribution in [0, 0.1) is 0 Å². The van der Waals surface area contributed by atoms with Crippen molar-refractivity contribution in [3.63, 3.8) is 0 Å². The third-order valence-electron chi connectivity index (χ3n) is 0. The van der Waals surface area contributed by atoms with Crippen LogP contribution in [-0.2, 0) is 62.5 Å². The van der Waals surface area contributed by atoms with Crippen molar-refractivity contribution < 1.29 is 79.2 Å². The third kappa shape index (κ3) is 1450. The van der Waals surface area contributed by atoms with E-state index in [0.717, 1.165) is 0 Å². The van der Waals surface area contributed by atoms with E-state index >= 15 is 0 Å². The third-order valence-corrected chi connectivity index (χ3v) is 0. The average molecular weight is 424 g/mol. The molecule has 0 saturated heterocycles. The van der Waals surface area contributed by atoms with Crippen molar-refractivity contribution in [1.82, 2.24) is 0 Å². The van der Waals surface area contributed by atoms with Gasteiger partial charge in [0.05, 0.1) is 0 Å². The summed E-state index contributed by atoms with van der Waals surface area (Å²) in [6.07, 6.45) is 0. The molecule has 1 radical (unpaired) electrons. The summed E-state index contributed by atoms with van der Waals surface area (Å²) in [6.45, 7) is 0. The van der Waals surface area contributed by atoms with Crippen molar-refractivity contribution in [1.29, 1.82) is 0 Å². The molecule has 0 aliphatic carbocycles. The van der Waals surface area contributed by atoms with E-state index in [4.69, 9.17) is 31.8 Å². The van der Waals surface area contributed by atoms with Crippen LogP contribution < -0.4 is 16.6 Å². The van der Waals surface area contributed by atoms with Crippen LogP contribution in [0.15, 0.2) is 0 Å². The summed E-state index contributed by atoms with van der Waals surface area (Å²) < 4.78 is 68.8. The van der Waals surface area contributed by atoms with Gasteiger partial charge in [0.25, 0.3) is 0 Å². The molecule has 0 spiro atoms. The quantitative estimate of drug-likeness (QED) is 0.373. The standard InChI is InChI=1S/2Cr.Ir.8O/q;;+4;;;;;4*-1. The molecule has 0 aromatic heterocycles. The number of rotatable bonds is 0. The molecule has 0 aromatic rings. The molecule has 69 valence electrons. The van der Waals surface area contributed by atoms with Crippen molar-refractivity contribution in [3.8, 4) is 0 Å². The first-order chi connectivity index (χ1) is 4.00. The number of hydrogen-bond donors (Lipinski definition) is 0. The molecular formula is Cr2IrO8. The maximum atomic E-state index is 8.59. The Morgan fingerprint density at radius 3 is 0.636 bits per heavy atom. The Labute approximate surface area is 79.0 Å². The Hall–Kier alpha value is 0.754. The van der Waals surface area contributed by atoms with Gasteiger partial charge >= 0.3 is 79.2 Å². The predicted molar refractivity (Wildman–Crippen MR) is 2.75 cm³/mol. The van der Waals surface area contributed by atoms with Gasteiger partial charge in [0.15, 0.2) is 0 Å². The summed E-state index contributed by atoms with van der Waals surface area (Å²) in [6, 6.07) is 0. The molecule has 8 nitrogen and oxygen atoms in total. The van der Waals surface area contributed by atoms with Crippen molar-refractivity contribution in [2.45, 2.75) is 0 Å². The van der Waals surface area contributed by atoms with E-state index in [-0.39, 0.29) is 20.1 Å². The van der Waals surface area contributed by atoms with Crippen LogP contribution in [-0.4, -0.2) is 0 Å². The monoisotopic (exact) mass is 425 g/mol. The van der Waals surface area contributed by atoms with E-state index in [1.807, 2.05) is 0 Å². The van der Waals surface area contributed by atoms with Crippen molar-refractivity contribution in [3.05, 3.63) is 0 Å². The number of hydrogen-bond acceptors (Lipinski definition) is 8. The molecule has 0 fully saturated rings. The fraction of sp³-hybridized carbons (Fsp3) is 0. The van der Waals surface area contributed by atoms with Crippen LogP contribution in [0.2, 0.25) is 0 Å². The zero-order valence-corrected chi connectivity index (χ0v) is 9.36. The van der Waals surface area contributed by atoms with E-state index in [1.165, 1.54) is 0 Å². The molecule has 0 rings (SSSR count). The van der Waals surface area contributed by atoms with Crippen LogP contribution in [0.5, 0.6) is 0 Å². The van der Waals surface area contributed by atoms with Crippen LogP contribution in [0.25, 0.3) is 0 Å². The predicted octanol–water partition coefficient (Wildman–Crippen LogP) is -5.24. The van der Waals surface area contributed by atoms with Crippen LogP contribution in [0.3, 0.4) is 0 Å². The van der Waals surface area contributed by atoms with Gasteiger partial charge in [-0.3, -0.25) is 0 Å². The van der Waals surface area contributed by atoms with Crippen molar-refractivity contribution >= 4 is 0 Å². The zero-order chi connectivity index (χ0) is 9.00. The zero-order valence-electron chi connectivity index (χ0n) is 4.42. The van der Waals surface area contributed by atoms with Gasteiger partial charge in [-0.05, 0) is 0 Å². The molecule has 0 atom stereocenters. The second-order valence-electron chi connectivity index (χ2n) is 0.816. The SMILES string of the molecule is [Ir+4].[O]=[Cr](=[O])([O-])[O-].[O]=[Cr](=[O])([O-])[O-]. The van der Waals surface area contributed by atoms with Crippen LogP contribution in [0.4, 0.5) is 0 Å². The molecule has 11 heavy (non-hydrogen) atoms. The summed E-state index contributed by atoms with van der Waals surface area (Å²) in [4.78, 5) is 0. The van der Waals surface area contributed by atoms with Gasteiger partial charge in [-0.1, -0.05) is 0 Å². The molecule has 0 amide bonds. The first-order valence-electron chi connectivity index (χ1n) is 1.33. The van der Waals surface area contributed by atoms with Crippen molar-refractivity contribution in [2.75, 3.05) is 0 Å². The van der Waals surface area contributed by atoms with E-state index < -0.39 is 27.2 Å². The normalized spacial score (nSPS) is 10.5.